The Kier molecular flexibility index (Phi) is 5.45. The van der Waals surface area contributed by atoms with Crippen LogP contribution in [0.5, 0.6) is 0 Å². The zero-order valence-corrected chi connectivity index (χ0v) is 8.37. The SMILES string of the molecule is CN=C(N)N(C)CCOC(C)C. The maximum atomic E-state index is 5.55. The second-order valence-corrected chi connectivity index (χ2v) is 2.92. The first-order chi connectivity index (χ1) is 5.57. The Labute approximate surface area is 74.4 Å². The van der Waals surface area contributed by atoms with E-state index in [1.807, 2.05) is 25.8 Å². The normalized spacial score (nSPS) is 12.2. The molecular formula is C8H19N3O. The minimum absolute atomic E-state index is 0.276. The molecule has 0 aromatic carbocycles. The third-order valence-electron chi connectivity index (χ3n) is 1.50. The molecule has 0 rings (SSSR count). The Morgan fingerprint density at radius 1 is 1.58 bits per heavy atom. The molecule has 0 aliphatic rings. The molecule has 0 heterocycles. The lowest BCUT2D eigenvalue weighted by molar-refractivity contribution is 0.0723. The lowest BCUT2D eigenvalue weighted by Crippen LogP contribution is -2.36. The van der Waals surface area contributed by atoms with Crippen molar-refractivity contribution >= 4 is 5.96 Å². The third kappa shape index (κ3) is 4.96. The molecule has 4 nitrogen and oxygen atoms in total. The number of aliphatic imine (C=N–C) groups is 1. The van der Waals surface area contributed by atoms with Gasteiger partial charge in [-0.05, 0) is 13.8 Å². The largest absolute Gasteiger partial charge is 0.377 e. The average Bonchev–Trinajstić information content (AvgIpc) is 2.02. The van der Waals surface area contributed by atoms with Crippen LogP contribution in [0.25, 0.3) is 0 Å². The van der Waals surface area contributed by atoms with Crippen LogP contribution in [0, 0.1) is 0 Å². The summed E-state index contributed by atoms with van der Waals surface area (Å²) in [6.07, 6.45) is 0.276. The molecule has 0 saturated carbocycles. The summed E-state index contributed by atoms with van der Waals surface area (Å²) < 4.78 is 5.35. The van der Waals surface area contributed by atoms with Crippen molar-refractivity contribution in [3.63, 3.8) is 0 Å². The predicted molar refractivity (Wildman–Crippen MR) is 51.3 cm³/mol. The molecule has 0 aliphatic carbocycles. The topological polar surface area (TPSA) is 50.8 Å². The summed E-state index contributed by atoms with van der Waals surface area (Å²) in [6, 6.07) is 0. The summed E-state index contributed by atoms with van der Waals surface area (Å²) in [5.41, 5.74) is 5.55. The van der Waals surface area contributed by atoms with E-state index >= 15 is 0 Å². The van der Waals surface area contributed by atoms with Crippen LogP contribution in [-0.2, 0) is 4.74 Å². The highest BCUT2D eigenvalue weighted by Crippen LogP contribution is 1.88. The summed E-state index contributed by atoms with van der Waals surface area (Å²) in [6.45, 7) is 5.49. The summed E-state index contributed by atoms with van der Waals surface area (Å²) >= 11 is 0. The number of hydrogen-bond donors (Lipinski definition) is 1. The fraction of sp³-hybridized carbons (Fsp3) is 0.875. The van der Waals surface area contributed by atoms with Gasteiger partial charge < -0.3 is 15.4 Å². The van der Waals surface area contributed by atoms with Crippen LogP contribution in [0.3, 0.4) is 0 Å². The fourth-order valence-corrected chi connectivity index (χ4v) is 0.711. The molecule has 72 valence electrons. The average molecular weight is 173 g/mol. The smallest absolute Gasteiger partial charge is 0.190 e. The van der Waals surface area contributed by atoms with Crippen molar-refractivity contribution in [3.05, 3.63) is 0 Å². The molecule has 0 unspecified atom stereocenters. The quantitative estimate of drug-likeness (QED) is 0.491. The molecule has 0 radical (unpaired) electrons. The zero-order valence-electron chi connectivity index (χ0n) is 8.37. The van der Waals surface area contributed by atoms with Gasteiger partial charge in [0, 0.05) is 20.6 Å². The van der Waals surface area contributed by atoms with Crippen LogP contribution in [-0.4, -0.2) is 44.2 Å². The highest BCUT2D eigenvalue weighted by molar-refractivity contribution is 5.77. The van der Waals surface area contributed by atoms with E-state index in [9.17, 15) is 0 Å². The molecule has 12 heavy (non-hydrogen) atoms. The molecular weight excluding hydrogens is 154 g/mol. The number of nitrogens with zero attached hydrogens (tertiary/aromatic N) is 2. The van der Waals surface area contributed by atoms with E-state index in [2.05, 4.69) is 4.99 Å². The summed E-state index contributed by atoms with van der Waals surface area (Å²) in [7, 11) is 3.57. The molecule has 0 atom stereocenters. The molecule has 0 aromatic heterocycles. The number of rotatable bonds is 4. The Morgan fingerprint density at radius 3 is 2.58 bits per heavy atom. The first kappa shape index (κ1) is 11.2. The van der Waals surface area contributed by atoms with Crippen molar-refractivity contribution in [2.24, 2.45) is 10.7 Å². The van der Waals surface area contributed by atoms with Crippen LogP contribution in [0.4, 0.5) is 0 Å². The Morgan fingerprint density at radius 2 is 2.17 bits per heavy atom. The Hall–Kier alpha value is -0.770. The van der Waals surface area contributed by atoms with Crippen molar-refractivity contribution in [3.8, 4) is 0 Å². The standard InChI is InChI=1S/C8H19N3O/c1-7(2)12-6-5-11(4)8(9)10-3/h7H,5-6H2,1-4H3,(H2,9,10). The molecule has 0 aromatic rings. The second kappa shape index (κ2) is 5.83. The van der Waals surface area contributed by atoms with E-state index < -0.39 is 0 Å². The zero-order chi connectivity index (χ0) is 9.56. The molecule has 0 saturated heterocycles. The maximum Gasteiger partial charge on any atom is 0.190 e. The van der Waals surface area contributed by atoms with E-state index in [0.717, 1.165) is 6.54 Å². The molecule has 0 fully saturated rings. The minimum atomic E-state index is 0.276. The molecule has 2 N–H and O–H groups in total. The summed E-state index contributed by atoms with van der Waals surface area (Å²) in [4.78, 5) is 5.71. The van der Waals surface area contributed by atoms with E-state index in [1.165, 1.54) is 0 Å². The number of likely N-dealkylation sites (N-methyl/N-ethyl adjacent to an activating group) is 1. The van der Waals surface area contributed by atoms with Gasteiger partial charge in [0.15, 0.2) is 5.96 Å². The van der Waals surface area contributed by atoms with Gasteiger partial charge in [-0.3, -0.25) is 4.99 Å². The first-order valence-electron chi connectivity index (χ1n) is 4.13. The van der Waals surface area contributed by atoms with Gasteiger partial charge in [-0.25, -0.2) is 0 Å². The summed E-state index contributed by atoms with van der Waals surface area (Å²) in [5, 5.41) is 0. The fourth-order valence-electron chi connectivity index (χ4n) is 0.711. The third-order valence-corrected chi connectivity index (χ3v) is 1.50. The summed E-state index contributed by atoms with van der Waals surface area (Å²) in [5.74, 6) is 0.544. The van der Waals surface area contributed by atoms with Gasteiger partial charge in [0.05, 0.1) is 12.7 Å². The second-order valence-electron chi connectivity index (χ2n) is 2.92. The monoisotopic (exact) mass is 173 g/mol. The number of nitrogens with two attached hydrogens (primary N) is 1. The van der Waals surface area contributed by atoms with Crippen molar-refractivity contribution in [1.82, 2.24) is 4.90 Å². The number of ether oxygens (including phenoxy) is 1. The van der Waals surface area contributed by atoms with Crippen LogP contribution in [0.2, 0.25) is 0 Å². The van der Waals surface area contributed by atoms with Crippen molar-refractivity contribution in [2.75, 3.05) is 27.2 Å². The highest BCUT2D eigenvalue weighted by atomic mass is 16.5. The lowest BCUT2D eigenvalue weighted by atomic mass is 10.5. The van der Waals surface area contributed by atoms with Crippen LogP contribution in [0.15, 0.2) is 4.99 Å². The predicted octanol–water partition coefficient (Wildman–Crippen LogP) is 0.288. The highest BCUT2D eigenvalue weighted by Gasteiger charge is 2.00. The van der Waals surface area contributed by atoms with Crippen molar-refractivity contribution < 1.29 is 4.74 Å². The Bertz CT molecular complexity index is 145. The number of guanidine groups is 1. The van der Waals surface area contributed by atoms with E-state index in [1.54, 1.807) is 7.05 Å². The van der Waals surface area contributed by atoms with Crippen molar-refractivity contribution in [1.29, 1.82) is 0 Å². The molecule has 0 aliphatic heterocycles. The van der Waals surface area contributed by atoms with Gasteiger partial charge in [-0.1, -0.05) is 0 Å². The van der Waals surface area contributed by atoms with E-state index in [4.69, 9.17) is 10.5 Å². The van der Waals surface area contributed by atoms with Gasteiger partial charge >= 0.3 is 0 Å². The first-order valence-corrected chi connectivity index (χ1v) is 4.13. The number of hydrogen-bond acceptors (Lipinski definition) is 2. The van der Waals surface area contributed by atoms with Crippen LogP contribution < -0.4 is 5.73 Å². The molecule has 4 heteroatoms. The van der Waals surface area contributed by atoms with Gasteiger partial charge in [-0.15, -0.1) is 0 Å². The Balaban J connectivity index is 3.51. The van der Waals surface area contributed by atoms with Crippen LogP contribution in [0.1, 0.15) is 13.8 Å². The van der Waals surface area contributed by atoms with Crippen molar-refractivity contribution in [2.45, 2.75) is 20.0 Å². The molecule has 0 bridgehead atoms. The molecule has 0 amide bonds. The van der Waals surface area contributed by atoms with E-state index in [0.29, 0.717) is 12.6 Å². The maximum absolute atomic E-state index is 5.55. The minimum Gasteiger partial charge on any atom is -0.377 e. The van der Waals surface area contributed by atoms with E-state index in [-0.39, 0.29) is 6.10 Å². The molecule has 0 spiro atoms. The van der Waals surface area contributed by atoms with Gasteiger partial charge in [-0.2, -0.15) is 0 Å². The van der Waals surface area contributed by atoms with Gasteiger partial charge in [0.2, 0.25) is 0 Å². The lowest BCUT2D eigenvalue weighted by Gasteiger charge is -2.18. The van der Waals surface area contributed by atoms with Gasteiger partial charge in [0.25, 0.3) is 0 Å². The van der Waals surface area contributed by atoms with Gasteiger partial charge in [0.1, 0.15) is 0 Å². The van der Waals surface area contributed by atoms with Crippen LogP contribution >= 0.6 is 0 Å².